The molecule has 2 aromatic rings. The molecule has 0 aliphatic carbocycles. The second kappa shape index (κ2) is 13.5. The second-order valence-corrected chi connectivity index (χ2v) is 9.61. The van der Waals surface area contributed by atoms with Crippen molar-refractivity contribution in [2.45, 2.75) is 57.1 Å². The third-order valence-corrected chi connectivity index (χ3v) is 6.76. The topological polar surface area (TPSA) is 173 Å². The van der Waals surface area contributed by atoms with Gasteiger partial charge in [-0.1, -0.05) is 30.3 Å². The van der Waals surface area contributed by atoms with E-state index in [9.17, 15) is 19.2 Å². The van der Waals surface area contributed by atoms with Gasteiger partial charge in [0.25, 0.3) is 0 Å². The van der Waals surface area contributed by atoms with Crippen LogP contribution in [0, 0.1) is 0 Å². The molecule has 0 saturated carbocycles. The number of aliphatic imine (C=N–C) groups is 1. The molecule has 3 atom stereocenters. The van der Waals surface area contributed by atoms with Crippen LogP contribution in [0.5, 0.6) is 0 Å². The summed E-state index contributed by atoms with van der Waals surface area (Å²) in [4.78, 5) is 61.5. The summed E-state index contributed by atoms with van der Waals surface area (Å²) in [5, 5.41) is 7.40. The van der Waals surface area contributed by atoms with Gasteiger partial charge in [-0.05, 0) is 31.2 Å². The summed E-state index contributed by atoms with van der Waals surface area (Å²) in [6.45, 7) is 0.127. The fourth-order valence-electron chi connectivity index (χ4n) is 4.28. The number of benzene rings is 1. The van der Waals surface area contributed by atoms with E-state index in [-0.39, 0.29) is 29.6 Å². The first kappa shape index (κ1) is 26.3. The van der Waals surface area contributed by atoms with Crippen molar-refractivity contribution in [1.82, 2.24) is 20.5 Å². The molecule has 1 unspecified atom stereocenters. The van der Waals surface area contributed by atoms with Crippen molar-refractivity contribution in [2.75, 3.05) is 13.1 Å². The van der Waals surface area contributed by atoms with E-state index in [4.69, 9.17) is 12.8 Å². The summed E-state index contributed by atoms with van der Waals surface area (Å²) in [5.41, 5.74) is 11.6. The molecule has 2 heterocycles. The van der Waals surface area contributed by atoms with Gasteiger partial charge in [0, 0.05) is 39.4 Å². The number of nitrogens with two attached hydrogens (primary N) is 2. The summed E-state index contributed by atoms with van der Waals surface area (Å²) in [6.07, 6.45) is 3.51. The molecule has 12 heteroatoms. The van der Waals surface area contributed by atoms with Gasteiger partial charge in [0.15, 0.2) is 11.0 Å². The molecular formula is C25H33N7O4S. The number of nitrogens with one attached hydrogen (secondary N) is 2. The highest BCUT2D eigenvalue weighted by Crippen LogP contribution is 2.21. The van der Waals surface area contributed by atoms with Crippen LogP contribution >= 0.6 is 11.3 Å². The van der Waals surface area contributed by atoms with Crippen molar-refractivity contribution < 1.29 is 20.5 Å². The fraction of sp³-hybridized carbons (Fsp3) is 0.440. The first-order chi connectivity index (χ1) is 18.3. The van der Waals surface area contributed by atoms with Crippen LogP contribution in [0.4, 0.5) is 0 Å². The number of carbonyl (C=O) groups is 4. The third kappa shape index (κ3) is 8.10. The lowest BCUT2D eigenvalue weighted by atomic mass is 10.0. The third-order valence-electron chi connectivity index (χ3n) is 5.98. The van der Waals surface area contributed by atoms with E-state index in [1.165, 1.54) is 22.4 Å². The monoisotopic (exact) mass is 528 g/mol. The van der Waals surface area contributed by atoms with Crippen LogP contribution in [0.15, 0.2) is 46.9 Å². The minimum Gasteiger partial charge on any atom is -0.370 e. The van der Waals surface area contributed by atoms with Crippen molar-refractivity contribution in [1.29, 1.82) is 0 Å². The van der Waals surface area contributed by atoms with Crippen LogP contribution in [0.25, 0.3) is 0 Å². The average molecular weight is 529 g/mol. The van der Waals surface area contributed by atoms with Crippen molar-refractivity contribution >= 4 is 40.8 Å². The average Bonchev–Trinajstić information content (AvgIpc) is 3.62. The molecule has 37 heavy (non-hydrogen) atoms. The molecule has 0 radical (unpaired) electrons. The Balaban J connectivity index is 1.74. The molecular weight excluding hydrogens is 494 g/mol. The Labute approximate surface area is 221 Å². The highest BCUT2D eigenvalue weighted by molar-refractivity contribution is 7.11. The lowest BCUT2D eigenvalue weighted by Gasteiger charge is -2.29. The van der Waals surface area contributed by atoms with E-state index in [0.29, 0.717) is 32.4 Å². The van der Waals surface area contributed by atoms with Crippen molar-refractivity contribution in [3.8, 4) is 0 Å². The van der Waals surface area contributed by atoms with Crippen LogP contribution in [-0.2, 0) is 20.8 Å². The van der Waals surface area contributed by atoms with Crippen LogP contribution < -0.4 is 22.1 Å². The van der Waals surface area contributed by atoms with Gasteiger partial charge in [0.1, 0.15) is 12.1 Å². The zero-order valence-electron chi connectivity index (χ0n) is 21.5. The van der Waals surface area contributed by atoms with Gasteiger partial charge >= 0.3 is 0 Å². The van der Waals surface area contributed by atoms with E-state index < -0.39 is 42.7 Å². The van der Waals surface area contributed by atoms with Gasteiger partial charge in [-0.2, -0.15) is 0 Å². The maximum absolute atomic E-state index is 13.6. The predicted molar refractivity (Wildman–Crippen MR) is 141 cm³/mol. The lowest BCUT2D eigenvalue weighted by Crippen LogP contribution is -2.55. The standard InChI is InChI=1S/C25H33N7O4S/c1-16(33)30-19(15-17-7-3-2-4-8-17)24(36)32-13-6-10-20(32)22(35)31-18(9-5-11-29-25(26)27)21(34)23-28-12-14-37-23/h2-4,7-8,12,14,18-20H,5-6,9-11,13,15H2,1H3,(H,30,33)(H,31,35)(H4,26,27,29)/t18?,19-,20-/m0/s1/i1D. The number of carbonyl (C=O) groups excluding carboxylic acids is 4. The number of nitrogens with zero attached hydrogens (tertiary/aromatic N) is 3. The molecule has 1 aromatic heterocycles. The molecule has 11 nitrogen and oxygen atoms in total. The highest BCUT2D eigenvalue weighted by atomic mass is 32.1. The molecule has 3 amide bonds. The number of likely N-dealkylation sites (tertiary alicyclic amines) is 1. The molecule has 1 saturated heterocycles. The van der Waals surface area contributed by atoms with Crippen LogP contribution in [0.3, 0.4) is 0 Å². The van der Waals surface area contributed by atoms with E-state index >= 15 is 0 Å². The van der Waals surface area contributed by atoms with Gasteiger partial charge in [-0.25, -0.2) is 4.98 Å². The molecule has 0 spiro atoms. The van der Waals surface area contributed by atoms with E-state index in [2.05, 4.69) is 20.6 Å². The zero-order valence-corrected chi connectivity index (χ0v) is 21.3. The number of hydrogen-bond donors (Lipinski definition) is 4. The number of thiazole rings is 1. The summed E-state index contributed by atoms with van der Waals surface area (Å²) in [7, 11) is 0. The van der Waals surface area contributed by atoms with Crippen LogP contribution in [0.1, 0.15) is 49.3 Å². The molecule has 0 bridgehead atoms. The Morgan fingerprint density at radius 1 is 1.22 bits per heavy atom. The minimum absolute atomic E-state index is 0.0560. The Hall–Kier alpha value is -3.80. The first-order valence-electron chi connectivity index (χ1n) is 12.7. The number of aromatic nitrogens is 1. The zero-order chi connectivity index (χ0) is 27.5. The molecule has 1 aliphatic heterocycles. The lowest BCUT2D eigenvalue weighted by molar-refractivity contribution is -0.141. The second-order valence-electron chi connectivity index (χ2n) is 8.71. The maximum atomic E-state index is 13.6. The van der Waals surface area contributed by atoms with E-state index in [1.54, 1.807) is 5.38 Å². The Kier molecular flexibility index (Phi) is 9.58. The number of Topliss-reactive ketones (excluding diaryl/α,β-unsaturated/α-hetero) is 1. The van der Waals surface area contributed by atoms with Gasteiger partial charge in [0.2, 0.25) is 23.5 Å². The number of rotatable bonds is 12. The molecule has 1 aromatic carbocycles. The van der Waals surface area contributed by atoms with E-state index in [0.717, 1.165) is 5.56 Å². The number of ketones is 1. The van der Waals surface area contributed by atoms with Gasteiger partial charge in [-0.15, -0.1) is 11.3 Å². The maximum Gasteiger partial charge on any atom is 0.246 e. The molecule has 1 aliphatic rings. The number of guanidine groups is 1. The van der Waals surface area contributed by atoms with Gasteiger partial charge < -0.3 is 27.0 Å². The largest absolute Gasteiger partial charge is 0.370 e. The van der Waals surface area contributed by atoms with Crippen molar-refractivity contribution in [3.05, 3.63) is 52.5 Å². The molecule has 198 valence electrons. The highest BCUT2D eigenvalue weighted by Gasteiger charge is 2.38. The van der Waals surface area contributed by atoms with Crippen molar-refractivity contribution in [2.24, 2.45) is 16.5 Å². The smallest absolute Gasteiger partial charge is 0.246 e. The summed E-state index contributed by atoms with van der Waals surface area (Å²) < 4.78 is 7.35. The Bertz CT molecular complexity index is 1130. The Morgan fingerprint density at radius 2 is 2.00 bits per heavy atom. The van der Waals surface area contributed by atoms with Gasteiger partial charge in [-0.3, -0.25) is 24.2 Å². The van der Waals surface area contributed by atoms with Gasteiger partial charge in [0.05, 0.1) is 6.04 Å². The predicted octanol–water partition coefficient (Wildman–Crippen LogP) is 0.603. The van der Waals surface area contributed by atoms with E-state index in [1.807, 2.05) is 30.3 Å². The summed E-state index contributed by atoms with van der Waals surface area (Å²) in [5.74, 6) is -1.80. The van der Waals surface area contributed by atoms with Crippen LogP contribution in [-0.4, -0.2) is 70.6 Å². The number of amides is 3. The molecule has 6 N–H and O–H groups in total. The first-order valence-corrected chi connectivity index (χ1v) is 12.9. The van der Waals surface area contributed by atoms with Crippen molar-refractivity contribution in [3.63, 3.8) is 0 Å². The number of hydrogen-bond acceptors (Lipinski definition) is 7. The fourth-order valence-corrected chi connectivity index (χ4v) is 4.91. The summed E-state index contributed by atoms with van der Waals surface area (Å²) >= 11 is 1.18. The Morgan fingerprint density at radius 3 is 2.68 bits per heavy atom. The molecule has 1 fully saturated rings. The molecule has 3 rings (SSSR count). The van der Waals surface area contributed by atoms with Crippen LogP contribution in [0.2, 0.25) is 0 Å². The summed E-state index contributed by atoms with van der Waals surface area (Å²) in [6, 6.07) is 6.64. The normalized spacial score (nSPS) is 16.8. The SMILES string of the molecule is [2H]CC(=O)N[C@@H](Cc1ccccc1)C(=O)N1CCC[C@H]1C(=O)NC(CCCN=C(N)N)C(=O)c1nccs1. The quantitative estimate of drug-likeness (QED) is 0.135. The minimum atomic E-state index is -0.920.